The molecule has 0 radical (unpaired) electrons. The van der Waals surface area contributed by atoms with Crippen molar-refractivity contribution in [3.05, 3.63) is 65.2 Å². The Labute approximate surface area is 126 Å². The largest absolute Gasteiger partial charge is 0.491 e. The lowest BCUT2D eigenvalue weighted by Crippen LogP contribution is -2.13. The van der Waals surface area contributed by atoms with Crippen LogP contribution < -0.4 is 4.74 Å². The Hall–Kier alpha value is -1.80. The monoisotopic (exact) mass is 282 g/mol. The Morgan fingerprint density at radius 3 is 2.29 bits per heavy atom. The molecule has 0 saturated heterocycles. The summed E-state index contributed by atoms with van der Waals surface area (Å²) in [5.41, 5.74) is 3.69. The van der Waals surface area contributed by atoms with E-state index < -0.39 is 6.10 Å². The second-order valence-electron chi connectivity index (χ2n) is 6.12. The second-order valence-corrected chi connectivity index (χ2v) is 6.12. The van der Waals surface area contributed by atoms with Gasteiger partial charge in [0.05, 0.1) is 12.2 Å². The minimum Gasteiger partial charge on any atom is -0.491 e. The molecule has 2 nitrogen and oxygen atoms in total. The van der Waals surface area contributed by atoms with Gasteiger partial charge in [-0.15, -0.1) is 0 Å². The molecule has 0 fully saturated rings. The maximum Gasteiger partial charge on any atom is 0.120 e. The number of hydrogen-bond donors (Lipinski definition) is 1. The van der Waals surface area contributed by atoms with Gasteiger partial charge in [-0.1, -0.05) is 36.4 Å². The smallest absolute Gasteiger partial charge is 0.120 e. The Morgan fingerprint density at radius 2 is 1.67 bits per heavy atom. The molecule has 1 aliphatic rings. The molecule has 3 rings (SSSR count). The SMILES string of the molecule is CC(C)Oc1cccc(C(O)C2Cc3ccccc3C2)c1. The van der Waals surface area contributed by atoms with Crippen LogP contribution in [-0.4, -0.2) is 11.2 Å². The van der Waals surface area contributed by atoms with E-state index in [1.165, 1.54) is 11.1 Å². The fourth-order valence-corrected chi connectivity index (χ4v) is 3.13. The van der Waals surface area contributed by atoms with Crippen molar-refractivity contribution in [2.45, 2.75) is 38.9 Å². The summed E-state index contributed by atoms with van der Waals surface area (Å²) < 4.78 is 5.72. The maximum atomic E-state index is 10.7. The van der Waals surface area contributed by atoms with Crippen LogP contribution >= 0.6 is 0 Å². The fourth-order valence-electron chi connectivity index (χ4n) is 3.13. The zero-order chi connectivity index (χ0) is 14.8. The Morgan fingerprint density at radius 1 is 1.00 bits per heavy atom. The van der Waals surface area contributed by atoms with E-state index in [-0.39, 0.29) is 12.0 Å². The second kappa shape index (κ2) is 5.90. The van der Waals surface area contributed by atoms with Gasteiger partial charge < -0.3 is 9.84 Å². The van der Waals surface area contributed by atoms with Crippen LogP contribution in [0.4, 0.5) is 0 Å². The highest BCUT2D eigenvalue weighted by atomic mass is 16.5. The quantitative estimate of drug-likeness (QED) is 0.921. The standard InChI is InChI=1S/C19H22O2/c1-13(2)21-18-9-5-8-16(12-18)19(20)17-10-14-6-3-4-7-15(14)11-17/h3-9,12-13,17,19-20H,10-11H2,1-2H3. The first kappa shape index (κ1) is 14.2. The number of aliphatic hydroxyl groups is 1. The van der Waals surface area contributed by atoms with Crippen molar-refractivity contribution >= 4 is 0 Å². The van der Waals surface area contributed by atoms with E-state index in [2.05, 4.69) is 24.3 Å². The molecule has 1 aliphatic carbocycles. The Balaban J connectivity index is 1.76. The van der Waals surface area contributed by atoms with Crippen LogP contribution in [0.15, 0.2) is 48.5 Å². The van der Waals surface area contributed by atoms with Gasteiger partial charge in [-0.25, -0.2) is 0 Å². The molecule has 110 valence electrons. The number of aliphatic hydroxyl groups excluding tert-OH is 1. The summed E-state index contributed by atoms with van der Waals surface area (Å²) in [7, 11) is 0. The first-order valence-corrected chi connectivity index (χ1v) is 7.65. The molecule has 21 heavy (non-hydrogen) atoms. The van der Waals surface area contributed by atoms with Crippen molar-refractivity contribution in [1.82, 2.24) is 0 Å². The van der Waals surface area contributed by atoms with Gasteiger partial charge in [-0.3, -0.25) is 0 Å². The normalized spacial score (nSPS) is 16.0. The van der Waals surface area contributed by atoms with Crippen LogP contribution in [0, 0.1) is 5.92 Å². The van der Waals surface area contributed by atoms with Gasteiger partial charge in [0.2, 0.25) is 0 Å². The zero-order valence-corrected chi connectivity index (χ0v) is 12.6. The molecule has 2 heteroatoms. The van der Waals surface area contributed by atoms with Crippen LogP contribution in [0.1, 0.15) is 36.6 Å². The molecule has 0 amide bonds. The summed E-state index contributed by atoms with van der Waals surface area (Å²) in [6.45, 7) is 4.02. The van der Waals surface area contributed by atoms with E-state index >= 15 is 0 Å². The lowest BCUT2D eigenvalue weighted by molar-refractivity contribution is 0.113. The van der Waals surface area contributed by atoms with E-state index in [1.54, 1.807) is 0 Å². The Bertz CT molecular complexity index is 593. The fraction of sp³-hybridized carbons (Fsp3) is 0.368. The van der Waals surface area contributed by atoms with Gasteiger partial charge in [0.1, 0.15) is 5.75 Å². The molecule has 2 aromatic carbocycles. The van der Waals surface area contributed by atoms with Crippen molar-refractivity contribution < 1.29 is 9.84 Å². The topological polar surface area (TPSA) is 29.5 Å². The summed E-state index contributed by atoms with van der Waals surface area (Å²) >= 11 is 0. The molecule has 1 N–H and O–H groups in total. The molecule has 1 unspecified atom stereocenters. The highest BCUT2D eigenvalue weighted by Crippen LogP contribution is 2.36. The van der Waals surface area contributed by atoms with Gasteiger partial charge >= 0.3 is 0 Å². The molecule has 0 aromatic heterocycles. The van der Waals surface area contributed by atoms with Crippen LogP contribution in [0.3, 0.4) is 0 Å². The van der Waals surface area contributed by atoms with Gasteiger partial charge in [-0.2, -0.15) is 0 Å². The lowest BCUT2D eigenvalue weighted by Gasteiger charge is -2.19. The third kappa shape index (κ3) is 3.11. The van der Waals surface area contributed by atoms with Crippen molar-refractivity contribution in [2.24, 2.45) is 5.92 Å². The summed E-state index contributed by atoms with van der Waals surface area (Å²) in [4.78, 5) is 0. The number of ether oxygens (including phenoxy) is 1. The summed E-state index contributed by atoms with van der Waals surface area (Å²) in [5, 5.41) is 10.7. The van der Waals surface area contributed by atoms with Crippen LogP contribution in [0.5, 0.6) is 5.75 Å². The van der Waals surface area contributed by atoms with E-state index in [0.29, 0.717) is 0 Å². The van der Waals surface area contributed by atoms with Crippen LogP contribution in [-0.2, 0) is 12.8 Å². The summed E-state index contributed by atoms with van der Waals surface area (Å²) in [5.74, 6) is 1.09. The minimum atomic E-state index is -0.437. The average molecular weight is 282 g/mol. The molecule has 0 saturated carbocycles. The lowest BCUT2D eigenvalue weighted by atomic mass is 9.93. The molecular weight excluding hydrogens is 260 g/mol. The predicted octanol–water partition coefficient (Wildman–Crippen LogP) is 3.92. The third-order valence-corrected chi connectivity index (χ3v) is 4.10. The molecule has 0 spiro atoms. The highest BCUT2D eigenvalue weighted by Gasteiger charge is 2.28. The van der Waals surface area contributed by atoms with Crippen molar-refractivity contribution in [2.75, 3.05) is 0 Å². The van der Waals surface area contributed by atoms with Crippen molar-refractivity contribution in [3.8, 4) is 5.75 Å². The number of fused-ring (bicyclic) bond motifs is 1. The Kier molecular flexibility index (Phi) is 3.98. The highest BCUT2D eigenvalue weighted by molar-refractivity contribution is 5.35. The van der Waals surface area contributed by atoms with E-state index in [1.807, 2.05) is 38.1 Å². The van der Waals surface area contributed by atoms with E-state index in [4.69, 9.17) is 4.74 Å². The van der Waals surface area contributed by atoms with Gasteiger partial charge in [0.15, 0.2) is 0 Å². The maximum absolute atomic E-state index is 10.7. The molecule has 0 aliphatic heterocycles. The van der Waals surface area contributed by atoms with E-state index in [9.17, 15) is 5.11 Å². The molecule has 0 heterocycles. The average Bonchev–Trinajstić information content (AvgIpc) is 2.90. The number of benzene rings is 2. The number of hydrogen-bond acceptors (Lipinski definition) is 2. The first-order valence-electron chi connectivity index (χ1n) is 7.65. The number of rotatable bonds is 4. The first-order chi connectivity index (χ1) is 10.1. The van der Waals surface area contributed by atoms with Gasteiger partial charge in [0.25, 0.3) is 0 Å². The molecule has 2 aromatic rings. The minimum absolute atomic E-state index is 0.146. The van der Waals surface area contributed by atoms with Crippen molar-refractivity contribution in [1.29, 1.82) is 0 Å². The summed E-state index contributed by atoms with van der Waals surface area (Å²) in [6, 6.07) is 16.3. The molecule has 0 bridgehead atoms. The predicted molar refractivity (Wildman–Crippen MR) is 84.5 cm³/mol. The molecule has 1 atom stereocenters. The van der Waals surface area contributed by atoms with Gasteiger partial charge in [0, 0.05) is 0 Å². The third-order valence-electron chi connectivity index (χ3n) is 4.10. The van der Waals surface area contributed by atoms with Crippen LogP contribution in [0.2, 0.25) is 0 Å². The van der Waals surface area contributed by atoms with Gasteiger partial charge in [-0.05, 0) is 61.4 Å². The zero-order valence-electron chi connectivity index (χ0n) is 12.6. The summed E-state index contributed by atoms with van der Waals surface area (Å²) in [6.07, 6.45) is 1.61. The van der Waals surface area contributed by atoms with E-state index in [0.717, 1.165) is 24.2 Å². The molecular formula is C19H22O2. The van der Waals surface area contributed by atoms with Crippen molar-refractivity contribution in [3.63, 3.8) is 0 Å². The van der Waals surface area contributed by atoms with Crippen LogP contribution in [0.25, 0.3) is 0 Å².